The number of fused-ring (bicyclic) bond motifs is 1. The van der Waals surface area contributed by atoms with E-state index in [0.717, 1.165) is 31.2 Å². The number of phenols is 1. The van der Waals surface area contributed by atoms with E-state index in [9.17, 15) is 19.5 Å². The fourth-order valence-corrected chi connectivity index (χ4v) is 3.48. The van der Waals surface area contributed by atoms with E-state index < -0.39 is 23.1 Å². The minimum Gasteiger partial charge on any atom is -0.507 e. The SMILES string of the molecule is CCCCCc1cc(O)c2c(c1)OC(C)(C)[C@@H](CCC(=O)C(C)=O)C2=O. The molecule has 0 unspecified atom stereocenters. The first kappa shape index (κ1) is 20.1. The Bertz CT molecular complexity index is 717. The summed E-state index contributed by atoms with van der Waals surface area (Å²) in [6.07, 6.45) is 4.28. The smallest absolute Gasteiger partial charge is 0.198 e. The monoisotopic (exact) mass is 360 g/mol. The maximum Gasteiger partial charge on any atom is 0.198 e. The Labute approximate surface area is 154 Å². The summed E-state index contributed by atoms with van der Waals surface area (Å²) in [5.74, 6) is -1.49. The van der Waals surface area contributed by atoms with Crippen molar-refractivity contribution in [3.8, 4) is 11.5 Å². The Balaban J connectivity index is 2.26. The van der Waals surface area contributed by atoms with Crippen LogP contribution in [0.25, 0.3) is 0 Å². The number of benzene rings is 1. The molecule has 5 nitrogen and oxygen atoms in total. The van der Waals surface area contributed by atoms with E-state index >= 15 is 0 Å². The fraction of sp³-hybridized carbons (Fsp3) is 0.571. The van der Waals surface area contributed by atoms with Crippen molar-refractivity contribution in [3.63, 3.8) is 0 Å². The highest BCUT2D eigenvalue weighted by molar-refractivity contribution is 6.36. The largest absolute Gasteiger partial charge is 0.507 e. The molecule has 26 heavy (non-hydrogen) atoms. The second-order valence-corrected chi connectivity index (χ2v) is 7.59. The highest BCUT2D eigenvalue weighted by atomic mass is 16.5. The number of carbonyl (C=O) groups is 3. The summed E-state index contributed by atoms with van der Waals surface area (Å²) >= 11 is 0. The molecular formula is C21H28O5. The molecule has 0 aliphatic carbocycles. The molecule has 0 spiro atoms. The number of ether oxygens (including phenoxy) is 1. The van der Waals surface area contributed by atoms with Gasteiger partial charge in [0.05, 0.1) is 5.92 Å². The summed E-state index contributed by atoms with van der Waals surface area (Å²) in [4.78, 5) is 35.8. The van der Waals surface area contributed by atoms with Gasteiger partial charge in [-0.3, -0.25) is 14.4 Å². The van der Waals surface area contributed by atoms with Gasteiger partial charge in [-0.1, -0.05) is 19.8 Å². The van der Waals surface area contributed by atoms with Gasteiger partial charge in [0.25, 0.3) is 0 Å². The van der Waals surface area contributed by atoms with Crippen molar-refractivity contribution in [2.24, 2.45) is 5.92 Å². The van der Waals surface area contributed by atoms with Crippen LogP contribution in [0.4, 0.5) is 0 Å². The summed E-state index contributed by atoms with van der Waals surface area (Å²) in [7, 11) is 0. The summed E-state index contributed by atoms with van der Waals surface area (Å²) < 4.78 is 6.05. The maximum atomic E-state index is 13.0. The summed E-state index contributed by atoms with van der Waals surface area (Å²) in [5, 5.41) is 10.4. The molecule has 0 bridgehead atoms. The average Bonchev–Trinajstić information content (AvgIpc) is 2.53. The molecule has 1 aromatic carbocycles. The van der Waals surface area contributed by atoms with Crippen LogP contribution in [0.1, 0.15) is 75.7 Å². The third-order valence-electron chi connectivity index (χ3n) is 5.04. The lowest BCUT2D eigenvalue weighted by atomic mass is 9.77. The van der Waals surface area contributed by atoms with Gasteiger partial charge >= 0.3 is 0 Å². The maximum absolute atomic E-state index is 13.0. The fourth-order valence-electron chi connectivity index (χ4n) is 3.48. The number of Topliss-reactive ketones (excluding diaryl/α,β-unsaturated/α-hetero) is 3. The standard InChI is InChI=1S/C21H28O5/c1-5-6-7-8-14-11-17(24)19-18(12-14)26-21(3,4)15(20(19)25)9-10-16(23)13(2)22/h11-12,15,24H,5-10H2,1-4H3/t15-/m0/s1. The molecule has 5 heteroatoms. The minimum atomic E-state index is -0.810. The van der Waals surface area contributed by atoms with E-state index in [1.54, 1.807) is 19.9 Å². The van der Waals surface area contributed by atoms with Crippen LogP contribution in [0, 0.1) is 5.92 Å². The van der Waals surface area contributed by atoms with Crippen molar-refractivity contribution >= 4 is 17.3 Å². The molecule has 1 aromatic rings. The molecule has 1 atom stereocenters. The minimum absolute atomic E-state index is 0.00370. The lowest BCUT2D eigenvalue weighted by Gasteiger charge is -2.39. The number of rotatable bonds is 8. The van der Waals surface area contributed by atoms with Crippen molar-refractivity contribution < 1.29 is 24.2 Å². The molecule has 0 aromatic heterocycles. The van der Waals surface area contributed by atoms with E-state index in [1.807, 2.05) is 6.07 Å². The number of ketones is 3. The van der Waals surface area contributed by atoms with Crippen LogP contribution < -0.4 is 4.74 Å². The van der Waals surface area contributed by atoms with Gasteiger partial charge in [-0.15, -0.1) is 0 Å². The van der Waals surface area contributed by atoms with Crippen molar-refractivity contribution in [3.05, 3.63) is 23.3 Å². The predicted molar refractivity (Wildman–Crippen MR) is 98.8 cm³/mol. The van der Waals surface area contributed by atoms with Crippen LogP contribution in [0.5, 0.6) is 11.5 Å². The van der Waals surface area contributed by atoms with Crippen molar-refractivity contribution in [1.29, 1.82) is 0 Å². The van der Waals surface area contributed by atoms with E-state index in [0.29, 0.717) is 5.75 Å². The van der Waals surface area contributed by atoms with Gasteiger partial charge in [0.1, 0.15) is 22.7 Å². The normalized spacial score (nSPS) is 18.2. The third-order valence-corrected chi connectivity index (χ3v) is 5.04. The molecule has 142 valence electrons. The molecule has 1 aliphatic rings. The predicted octanol–water partition coefficient (Wildman–Crippen LogP) is 4.03. The first-order valence-corrected chi connectivity index (χ1v) is 9.30. The van der Waals surface area contributed by atoms with Gasteiger partial charge < -0.3 is 9.84 Å². The molecule has 0 amide bonds. The number of hydrogen-bond acceptors (Lipinski definition) is 5. The molecule has 0 fully saturated rings. The van der Waals surface area contributed by atoms with E-state index in [-0.39, 0.29) is 29.9 Å². The second-order valence-electron chi connectivity index (χ2n) is 7.59. The Morgan fingerprint density at radius 1 is 1.23 bits per heavy atom. The number of hydrogen-bond donors (Lipinski definition) is 1. The molecular weight excluding hydrogens is 332 g/mol. The lowest BCUT2D eigenvalue weighted by Crippen LogP contribution is -2.46. The second kappa shape index (κ2) is 8.02. The summed E-state index contributed by atoms with van der Waals surface area (Å²) in [6, 6.07) is 3.47. The Kier molecular flexibility index (Phi) is 6.21. The van der Waals surface area contributed by atoms with Gasteiger partial charge in [0.2, 0.25) is 0 Å². The van der Waals surface area contributed by atoms with Gasteiger partial charge in [0, 0.05) is 13.3 Å². The lowest BCUT2D eigenvalue weighted by molar-refractivity contribution is -0.135. The number of aromatic hydroxyl groups is 1. The van der Waals surface area contributed by atoms with Gasteiger partial charge in [-0.25, -0.2) is 0 Å². The molecule has 1 aliphatic heterocycles. The molecule has 1 N–H and O–H groups in total. The summed E-state index contributed by atoms with van der Waals surface area (Å²) in [5.41, 5.74) is 0.322. The quantitative estimate of drug-likeness (QED) is 0.559. The van der Waals surface area contributed by atoms with Gasteiger partial charge in [-0.2, -0.15) is 0 Å². The van der Waals surface area contributed by atoms with E-state index in [4.69, 9.17) is 4.74 Å². The zero-order chi connectivity index (χ0) is 19.5. The molecule has 1 heterocycles. The average molecular weight is 360 g/mol. The number of aryl methyl sites for hydroxylation is 1. The van der Waals surface area contributed by atoms with Crippen molar-refractivity contribution in [1.82, 2.24) is 0 Å². The Morgan fingerprint density at radius 3 is 2.54 bits per heavy atom. The zero-order valence-electron chi connectivity index (χ0n) is 16.1. The first-order chi connectivity index (χ1) is 12.2. The van der Waals surface area contributed by atoms with Crippen LogP contribution in [0.3, 0.4) is 0 Å². The van der Waals surface area contributed by atoms with Crippen LogP contribution in [-0.2, 0) is 16.0 Å². The molecule has 0 saturated heterocycles. The number of unbranched alkanes of at least 4 members (excludes halogenated alkanes) is 2. The Hall–Kier alpha value is -2.17. The van der Waals surface area contributed by atoms with Crippen molar-refractivity contribution in [2.45, 2.75) is 71.8 Å². The third kappa shape index (κ3) is 4.32. The summed E-state index contributed by atoms with van der Waals surface area (Å²) in [6.45, 7) is 6.97. The number of phenolic OH excluding ortho intramolecular Hbond substituents is 1. The van der Waals surface area contributed by atoms with E-state index in [2.05, 4.69) is 6.92 Å². The topological polar surface area (TPSA) is 80.7 Å². The van der Waals surface area contributed by atoms with E-state index in [1.165, 1.54) is 6.92 Å². The highest BCUT2D eigenvalue weighted by Crippen LogP contribution is 2.43. The Morgan fingerprint density at radius 2 is 1.92 bits per heavy atom. The van der Waals surface area contributed by atoms with Gasteiger partial charge in [0.15, 0.2) is 17.3 Å². The van der Waals surface area contributed by atoms with Gasteiger partial charge in [-0.05, 0) is 50.8 Å². The van der Waals surface area contributed by atoms with Crippen LogP contribution >= 0.6 is 0 Å². The van der Waals surface area contributed by atoms with Crippen LogP contribution in [0.15, 0.2) is 12.1 Å². The number of carbonyl (C=O) groups excluding carboxylic acids is 3. The molecule has 0 saturated carbocycles. The highest BCUT2D eigenvalue weighted by Gasteiger charge is 2.44. The molecule has 0 radical (unpaired) electrons. The van der Waals surface area contributed by atoms with Crippen LogP contribution in [0.2, 0.25) is 0 Å². The molecule has 2 rings (SSSR count). The zero-order valence-corrected chi connectivity index (χ0v) is 16.1. The van der Waals surface area contributed by atoms with Crippen molar-refractivity contribution in [2.75, 3.05) is 0 Å². The van der Waals surface area contributed by atoms with Crippen LogP contribution in [-0.4, -0.2) is 28.1 Å². The first-order valence-electron chi connectivity index (χ1n) is 9.30.